The van der Waals surface area contributed by atoms with E-state index in [0.29, 0.717) is 0 Å². The summed E-state index contributed by atoms with van der Waals surface area (Å²) >= 11 is 0. The largest absolute Gasteiger partial charge is 0.467 e. The highest BCUT2D eigenvalue weighted by molar-refractivity contribution is 5.54. The van der Waals surface area contributed by atoms with Crippen molar-refractivity contribution in [3.05, 3.63) is 54.0 Å². The summed E-state index contributed by atoms with van der Waals surface area (Å²) < 4.78 is 5.46. The zero-order valence-electron chi connectivity index (χ0n) is 12.4. The Kier molecular flexibility index (Phi) is 5.24. The molecule has 0 aliphatic heterocycles. The van der Waals surface area contributed by atoms with Gasteiger partial charge in [-0.05, 0) is 43.5 Å². The molecule has 0 amide bonds. The number of nitrogens with zero attached hydrogens (tertiary/aromatic N) is 1. The third-order valence-electron chi connectivity index (χ3n) is 3.65. The molecule has 1 unspecified atom stereocenters. The van der Waals surface area contributed by atoms with Crippen LogP contribution < -0.4 is 10.6 Å². The topological polar surface area (TPSA) is 42.4 Å². The number of nitrogens with two attached hydrogens (primary N) is 1. The van der Waals surface area contributed by atoms with Gasteiger partial charge in [0.25, 0.3) is 0 Å². The maximum Gasteiger partial charge on any atom is 0.123 e. The van der Waals surface area contributed by atoms with Crippen LogP contribution in [0.1, 0.15) is 31.6 Å². The summed E-state index contributed by atoms with van der Waals surface area (Å²) in [6.45, 7) is 6.04. The van der Waals surface area contributed by atoms with Gasteiger partial charge in [0.15, 0.2) is 0 Å². The Labute approximate surface area is 121 Å². The molecule has 1 aromatic heterocycles. The lowest BCUT2D eigenvalue weighted by atomic mass is 10.0. The summed E-state index contributed by atoms with van der Waals surface area (Å²) in [6, 6.07) is 12.7. The summed E-state index contributed by atoms with van der Waals surface area (Å²) in [7, 11) is 0. The normalized spacial score (nSPS) is 12.3. The number of benzene rings is 1. The van der Waals surface area contributed by atoms with E-state index in [2.05, 4.69) is 43.0 Å². The van der Waals surface area contributed by atoms with Crippen LogP contribution in [0.15, 0.2) is 47.1 Å². The fourth-order valence-corrected chi connectivity index (χ4v) is 2.38. The van der Waals surface area contributed by atoms with Crippen LogP contribution in [-0.2, 0) is 13.0 Å². The minimum Gasteiger partial charge on any atom is -0.467 e. The zero-order valence-corrected chi connectivity index (χ0v) is 12.4. The number of furan rings is 1. The van der Waals surface area contributed by atoms with E-state index >= 15 is 0 Å². The van der Waals surface area contributed by atoms with Gasteiger partial charge in [0.2, 0.25) is 0 Å². The van der Waals surface area contributed by atoms with Crippen LogP contribution in [0, 0.1) is 0 Å². The van der Waals surface area contributed by atoms with E-state index in [4.69, 9.17) is 10.2 Å². The van der Waals surface area contributed by atoms with Gasteiger partial charge >= 0.3 is 0 Å². The van der Waals surface area contributed by atoms with Crippen LogP contribution in [0.3, 0.4) is 0 Å². The second-order valence-electron chi connectivity index (χ2n) is 5.09. The fourth-order valence-electron chi connectivity index (χ4n) is 2.38. The molecule has 2 N–H and O–H groups in total. The summed E-state index contributed by atoms with van der Waals surface area (Å²) in [5.41, 5.74) is 8.69. The molecular weight excluding hydrogens is 248 g/mol. The summed E-state index contributed by atoms with van der Waals surface area (Å²) in [4.78, 5) is 2.33. The average Bonchev–Trinajstić information content (AvgIpc) is 2.98. The van der Waals surface area contributed by atoms with Crippen LogP contribution in [-0.4, -0.2) is 12.6 Å². The molecule has 2 aromatic rings. The molecule has 3 nitrogen and oxygen atoms in total. The lowest BCUT2D eigenvalue weighted by Gasteiger charge is -2.25. The van der Waals surface area contributed by atoms with Crippen molar-refractivity contribution in [1.82, 2.24) is 0 Å². The van der Waals surface area contributed by atoms with Gasteiger partial charge in [0.1, 0.15) is 5.76 Å². The molecule has 0 saturated carbocycles. The highest BCUT2D eigenvalue weighted by atomic mass is 16.3. The maximum absolute atomic E-state index is 6.11. The van der Waals surface area contributed by atoms with E-state index in [1.54, 1.807) is 6.26 Å². The fraction of sp³-hybridized carbons (Fsp3) is 0.412. The van der Waals surface area contributed by atoms with Crippen LogP contribution in [0.25, 0.3) is 0 Å². The van der Waals surface area contributed by atoms with Crippen molar-refractivity contribution in [2.24, 2.45) is 5.73 Å². The number of hydrogen-bond donors (Lipinski definition) is 1. The highest BCUT2D eigenvalue weighted by Gasteiger charge is 2.13. The second-order valence-corrected chi connectivity index (χ2v) is 5.09. The van der Waals surface area contributed by atoms with E-state index < -0.39 is 0 Å². The second kappa shape index (κ2) is 7.15. The number of para-hydroxylation sites is 1. The Morgan fingerprint density at radius 2 is 1.95 bits per heavy atom. The molecule has 0 radical (unpaired) electrons. The van der Waals surface area contributed by atoms with Crippen LogP contribution >= 0.6 is 0 Å². The van der Waals surface area contributed by atoms with Gasteiger partial charge in [0.05, 0.1) is 12.8 Å². The average molecular weight is 272 g/mol. The van der Waals surface area contributed by atoms with Crippen molar-refractivity contribution in [3.8, 4) is 0 Å². The molecule has 2 rings (SSSR count). The molecule has 0 saturated heterocycles. The number of anilines is 1. The van der Waals surface area contributed by atoms with Gasteiger partial charge in [-0.15, -0.1) is 0 Å². The van der Waals surface area contributed by atoms with Gasteiger partial charge in [-0.3, -0.25) is 0 Å². The predicted molar refractivity (Wildman–Crippen MR) is 83.8 cm³/mol. The zero-order chi connectivity index (χ0) is 14.4. The van der Waals surface area contributed by atoms with E-state index in [-0.39, 0.29) is 6.04 Å². The lowest BCUT2D eigenvalue weighted by Crippen LogP contribution is -2.26. The first kappa shape index (κ1) is 14.7. The standard InChI is InChI=1S/C17H24N2O/c1-3-15(18)12-14-8-5-6-10-17(14)19(4-2)13-16-9-7-11-20-16/h5-11,15H,3-4,12-13,18H2,1-2H3. The molecule has 1 aromatic carbocycles. The lowest BCUT2D eigenvalue weighted by molar-refractivity contribution is 0.503. The van der Waals surface area contributed by atoms with Gasteiger partial charge in [-0.2, -0.15) is 0 Å². The SMILES string of the molecule is CCC(N)Cc1ccccc1N(CC)Cc1ccco1. The van der Waals surface area contributed by atoms with E-state index in [0.717, 1.165) is 31.7 Å². The third-order valence-corrected chi connectivity index (χ3v) is 3.65. The number of rotatable bonds is 7. The first-order valence-electron chi connectivity index (χ1n) is 7.35. The summed E-state index contributed by atoms with van der Waals surface area (Å²) in [5.74, 6) is 0.987. The number of hydrogen-bond acceptors (Lipinski definition) is 3. The van der Waals surface area contributed by atoms with E-state index in [9.17, 15) is 0 Å². The van der Waals surface area contributed by atoms with Crippen molar-refractivity contribution >= 4 is 5.69 Å². The van der Waals surface area contributed by atoms with Crippen LogP contribution in [0.5, 0.6) is 0 Å². The molecule has 1 heterocycles. The highest BCUT2D eigenvalue weighted by Crippen LogP contribution is 2.23. The first-order chi connectivity index (χ1) is 9.74. The molecule has 0 spiro atoms. The van der Waals surface area contributed by atoms with Crippen LogP contribution in [0.2, 0.25) is 0 Å². The molecule has 0 aliphatic carbocycles. The Morgan fingerprint density at radius 1 is 1.15 bits per heavy atom. The molecule has 0 fully saturated rings. The molecule has 20 heavy (non-hydrogen) atoms. The van der Waals surface area contributed by atoms with Gasteiger partial charge < -0.3 is 15.1 Å². The minimum absolute atomic E-state index is 0.221. The van der Waals surface area contributed by atoms with Crippen molar-refractivity contribution in [1.29, 1.82) is 0 Å². The molecule has 0 bridgehead atoms. The smallest absolute Gasteiger partial charge is 0.123 e. The first-order valence-corrected chi connectivity index (χ1v) is 7.35. The third kappa shape index (κ3) is 3.64. The van der Waals surface area contributed by atoms with Gasteiger partial charge in [-0.1, -0.05) is 25.1 Å². The van der Waals surface area contributed by atoms with Crippen LogP contribution in [0.4, 0.5) is 5.69 Å². The molecular formula is C17H24N2O. The Bertz CT molecular complexity index is 507. The molecule has 0 aliphatic rings. The maximum atomic E-state index is 6.11. The van der Waals surface area contributed by atoms with E-state index in [1.165, 1.54) is 11.3 Å². The molecule has 3 heteroatoms. The molecule has 1 atom stereocenters. The summed E-state index contributed by atoms with van der Waals surface area (Å²) in [6.07, 6.45) is 3.64. The minimum atomic E-state index is 0.221. The summed E-state index contributed by atoms with van der Waals surface area (Å²) in [5, 5.41) is 0. The quantitative estimate of drug-likeness (QED) is 0.837. The molecule has 108 valence electrons. The Morgan fingerprint density at radius 3 is 2.60 bits per heavy atom. The van der Waals surface area contributed by atoms with Gasteiger partial charge in [-0.25, -0.2) is 0 Å². The van der Waals surface area contributed by atoms with Crippen molar-refractivity contribution in [2.45, 2.75) is 39.3 Å². The van der Waals surface area contributed by atoms with Gasteiger partial charge in [0, 0.05) is 18.3 Å². The van der Waals surface area contributed by atoms with Crippen molar-refractivity contribution in [3.63, 3.8) is 0 Å². The Hall–Kier alpha value is -1.74. The van der Waals surface area contributed by atoms with Crippen molar-refractivity contribution < 1.29 is 4.42 Å². The van der Waals surface area contributed by atoms with E-state index in [1.807, 2.05) is 12.1 Å². The predicted octanol–water partition coefficient (Wildman–Crippen LogP) is 3.59. The Balaban J connectivity index is 2.20. The van der Waals surface area contributed by atoms with Crippen molar-refractivity contribution in [2.75, 3.05) is 11.4 Å². The monoisotopic (exact) mass is 272 g/mol.